The number of nitrogens with zero attached hydrogens (tertiary/aromatic N) is 1. The second kappa shape index (κ2) is 6.36. The van der Waals surface area contributed by atoms with Gasteiger partial charge >= 0.3 is 0 Å². The van der Waals surface area contributed by atoms with Crippen LogP contribution >= 0.6 is 39.7 Å². The van der Waals surface area contributed by atoms with Crippen molar-refractivity contribution in [1.29, 1.82) is 0 Å². The standard InChI is InChI=1S/C11H17BrN2S.ClH/c1-8-5-10(15-11(8)12)7-14-4-2-3-9(14)6-13;/h5,9H,2-4,6-7,13H2,1H3;1H. The third-order valence-electron chi connectivity index (χ3n) is 3.04. The average Bonchev–Trinajstić information content (AvgIpc) is 2.75. The Hall–Kier alpha value is 0.390. The maximum absolute atomic E-state index is 5.77. The van der Waals surface area contributed by atoms with Crippen molar-refractivity contribution in [2.75, 3.05) is 13.1 Å². The van der Waals surface area contributed by atoms with Gasteiger partial charge in [0.25, 0.3) is 0 Å². The first-order valence-corrected chi connectivity index (χ1v) is 7.00. The normalized spacial score (nSPS) is 21.1. The molecule has 0 amide bonds. The van der Waals surface area contributed by atoms with Crippen LogP contribution in [0, 0.1) is 6.92 Å². The van der Waals surface area contributed by atoms with Gasteiger partial charge in [-0.1, -0.05) is 0 Å². The van der Waals surface area contributed by atoms with Crippen LogP contribution in [0.1, 0.15) is 23.3 Å². The van der Waals surface area contributed by atoms with E-state index in [0.29, 0.717) is 6.04 Å². The zero-order chi connectivity index (χ0) is 10.8. The molecule has 2 N–H and O–H groups in total. The van der Waals surface area contributed by atoms with Gasteiger partial charge in [0.2, 0.25) is 0 Å². The number of halogens is 2. The molecule has 5 heteroatoms. The van der Waals surface area contributed by atoms with E-state index in [9.17, 15) is 0 Å². The lowest BCUT2D eigenvalue weighted by molar-refractivity contribution is 0.252. The van der Waals surface area contributed by atoms with Gasteiger partial charge in [-0.15, -0.1) is 23.7 Å². The molecule has 0 aliphatic carbocycles. The Bertz CT molecular complexity index is 323. The highest BCUT2D eigenvalue weighted by Gasteiger charge is 2.23. The van der Waals surface area contributed by atoms with Crippen LogP contribution in [-0.4, -0.2) is 24.0 Å². The predicted molar refractivity (Wildman–Crippen MR) is 76.5 cm³/mol. The largest absolute Gasteiger partial charge is 0.329 e. The van der Waals surface area contributed by atoms with E-state index in [-0.39, 0.29) is 12.4 Å². The highest BCUT2D eigenvalue weighted by atomic mass is 79.9. The lowest BCUT2D eigenvalue weighted by atomic mass is 10.2. The minimum absolute atomic E-state index is 0. The number of hydrogen-bond donors (Lipinski definition) is 1. The molecule has 92 valence electrons. The molecule has 1 aromatic rings. The quantitative estimate of drug-likeness (QED) is 0.925. The molecule has 0 saturated carbocycles. The van der Waals surface area contributed by atoms with E-state index in [0.717, 1.165) is 13.1 Å². The minimum Gasteiger partial charge on any atom is -0.329 e. The molecule has 1 unspecified atom stereocenters. The van der Waals surface area contributed by atoms with Crippen molar-refractivity contribution < 1.29 is 0 Å². The molecule has 1 atom stereocenters. The maximum Gasteiger partial charge on any atom is 0.0730 e. The number of rotatable bonds is 3. The van der Waals surface area contributed by atoms with Crippen molar-refractivity contribution in [1.82, 2.24) is 4.90 Å². The number of hydrogen-bond acceptors (Lipinski definition) is 3. The summed E-state index contributed by atoms with van der Waals surface area (Å²) in [5.74, 6) is 0. The van der Waals surface area contributed by atoms with Crippen LogP contribution in [0.4, 0.5) is 0 Å². The summed E-state index contributed by atoms with van der Waals surface area (Å²) in [5, 5.41) is 0. The van der Waals surface area contributed by atoms with E-state index in [1.165, 1.54) is 33.6 Å². The van der Waals surface area contributed by atoms with Crippen molar-refractivity contribution >= 4 is 39.7 Å². The lowest BCUT2D eigenvalue weighted by Gasteiger charge is -2.22. The van der Waals surface area contributed by atoms with Gasteiger partial charge in [0.1, 0.15) is 0 Å². The molecule has 1 aromatic heterocycles. The lowest BCUT2D eigenvalue weighted by Crippen LogP contribution is -2.34. The van der Waals surface area contributed by atoms with Crippen molar-refractivity contribution in [3.63, 3.8) is 0 Å². The fourth-order valence-electron chi connectivity index (χ4n) is 2.17. The Morgan fingerprint density at radius 3 is 2.94 bits per heavy atom. The SMILES string of the molecule is Cc1cc(CN2CCCC2CN)sc1Br.Cl. The van der Waals surface area contributed by atoms with E-state index in [1.54, 1.807) is 0 Å². The van der Waals surface area contributed by atoms with Crippen molar-refractivity contribution in [3.8, 4) is 0 Å². The third kappa shape index (κ3) is 3.20. The molecule has 1 fully saturated rings. The molecule has 2 rings (SSSR count). The highest BCUT2D eigenvalue weighted by Crippen LogP contribution is 2.29. The summed E-state index contributed by atoms with van der Waals surface area (Å²) in [6.07, 6.45) is 2.56. The molecule has 16 heavy (non-hydrogen) atoms. The first-order valence-electron chi connectivity index (χ1n) is 5.39. The zero-order valence-electron chi connectivity index (χ0n) is 9.41. The van der Waals surface area contributed by atoms with Gasteiger partial charge in [-0.2, -0.15) is 0 Å². The molecule has 2 heterocycles. The number of likely N-dealkylation sites (tertiary alicyclic amines) is 1. The van der Waals surface area contributed by atoms with Crippen LogP contribution in [0.15, 0.2) is 9.85 Å². The summed E-state index contributed by atoms with van der Waals surface area (Å²) < 4.78 is 1.26. The van der Waals surface area contributed by atoms with Gasteiger partial charge in [-0.3, -0.25) is 4.90 Å². The fraction of sp³-hybridized carbons (Fsp3) is 0.636. The van der Waals surface area contributed by atoms with Gasteiger partial charge in [-0.25, -0.2) is 0 Å². The molecule has 0 aromatic carbocycles. The smallest absolute Gasteiger partial charge is 0.0730 e. The summed E-state index contributed by atoms with van der Waals surface area (Å²) in [7, 11) is 0. The Morgan fingerprint density at radius 1 is 1.62 bits per heavy atom. The van der Waals surface area contributed by atoms with Crippen LogP contribution in [0.25, 0.3) is 0 Å². The Labute approximate surface area is 116 Å². The monoisotopic (exact) mass is 324 g/mol. The van der Waals surface area contributed by atoms with Crippen LogP contribution in [-0.2, 0) is 6.54 Å². The highest BCUT2D eigenvalue weighted by molar-refractivity contribution is 9.11. The van der Waals surface area contributed by atoms with E-state index in [4.69, 9.17) is 5.73 Å². The van der Waals surface area contributed by atoms with Crippen LogP contribution in [0.5, 0.6) is 0 Å². The Kier molecular flexibility index (Phi) is 5.74. The number of thiophene rings is 1. The summed E-state index contributed by atoms with van der Waals surface area (Å²) >= 11 is 5.42. The van der Waals surface area contributed by atoms with Gasteiger partial charge in [0.05, 0.1) is 3.79 Å². The number of aryl methyl sites for hydroxylation is 1. The van der Waals surface area contributed by atoms with Crippen molar-refractivity contribution in [3.05, 3.63) is 20.3 Å². The molecular weight excluding hydrogens is 308 g/mol. The molecule has 1 saturated heterocycles. The molecule has 1 aliphatic heterocycles. The van der Waals surface area contributed by atoms with Crippen molar-refractivity contribution in [2.24, 2.45) is 5.73 Å². The molecule has 0 radical (unpaired) electrons. The molecule has 0 spiro atoms. The summed E-state index contributed by atoms with van der Waals surface area (Å²) in [4.78, 5) is 3.96. The van der Waals surface area contributed by atoms with Gasteiger partial charge in [-0.05, 0) is 53.9 Å². The molecular formula is C11H18BrClN2S. The van der Waals surface area contributed by atoms with E-state index < -0.39 is 0 Å². The minimum atomic E-state index is 0. The topological polar surface area (TPSA) is 29.3 Å². The van der Waals surface area contributed by atoms with E-state index in [2.05, 4.69) is 33.8 Å². The summed E-state index contributed by atoms with van der Waals surface area (Å²) in [5.41, 5.74) is 7.11. The predicted octanol–water partition coefficient (Wildman–Crippen LogP) is 3.16. The van der Waals surface area contributed by atoms with Crippen LogP contribution in [0.3, 0.4) is 0 Å². The Morgan fingerprint density at radius 2 is 2.38 bits per heavy atom. The van der Waals surface area contributed by atoms with Gasteiger partial charge in [0.15, 0.2) is 0 Å². The van der Waals surface area contributed by atoms with Crippen LogP contribution < -0.4 is 5.73 Å². The summed E-state index contributed by atoms with van der Waals surface area (Å²) in [6, 6.07) is 2.88. The molecule has 1 aliphatic rings. The van der Waals surface area contributed by atoms with E-state index >= 15 is 0 Å². The van der Waals surface area contributed by atoms with E-state index in [1.807, 2.05) is 11.3 Å². The van der Waals surface area contributed by atoms with Crippen molar-refractivity contribution in [2.45, 2.75) is 32.4 Å². The summed E-state index contributed by atoms with van der Waals surface area (Å²) in [6.45, 7) is 5.22. The van der Waals surface area contributed by atoms with Crippen LogP contribution in [0.2, 0.25) is 0 Å². The fourth-order valence-corrected chi connectivity index (χ4v) is 3.83. The first kappa shape index (κ1) is 14.5. The second-order valence-corrected chi connectivity index (χ2v) is 6.63. The Balaban J connectivity index is 0.00000128. The first-order chi connectivity index (χ1) is 7.20. The molecule has 0 bridgehead atoms. The molecule has 2 nitrogen and oxygen atoms in total. The van der Waals surface area contributed by atoms with Gasteiger partial charge in [0, 0.05) is 24.0 Å². The maximum atomic E-state index is 5.77. The van der Waals surface area contributed by atoms with Gasteiger partial charge < -0.3 is 5.73 Å². The zero-order valence-corrected chi connectivity index (χ0v) is 12.6. The third-order valence-corrected chi connectivity index (χ3v) is 5.16. The number of nitrogens with two attached hydrogens (primary N) is 1. The average molecular weight is 326 g/mol. The second-order valence-electron chi connectivity index (χ2n) is 4.17.